The molecule has 182 valence electrons. The number of benzene rings is 2. The van der Waals surface area contributed by atoms with Gasteiger partial charge in [-0.3, -0.25) is 19.3 Å². The molecule has 1 aromatic heterocycles. The Morgan fingerprint density at radius 3 is 2.66 bits per heavy atom. The number of aromatic nitrogens is 1. The number of imide groups is 1. The maximum Gasteiger partial charge on any atom is 0.249 e. The minimum absolute atomic E-state index is 0.242. The van der Waals surface area contributed by atoms with E-state index in [9.17, 15) is 14.4 Å². The van der Waals surface area contributed by atoms with E-state index >= 15 is 0 Å². The molecule has 8 heteroatoms. The lowest BCUT2D eigenvalue weighted by atomic mass is 9.62. The molecule has 1 saturated carbocycles. The number of hydrogen-bond acceptors (Lipinski definition) is 6. The van der Waals surface area contributed by atoms with Crippen LogP contribution in [0, 0.1) is 16.7 Å². The van der Waals surface area contributed by atoms with Crippen LogP contribution in [0.15, 0.2) is 48.5 Å². The van der Waals surface area contributed by atoms with Crippen LogP contribution in [0.5, 0.6) is 5.75 Å². The van der Waals surface area contributed by atoms with Gasteiger partial charge >= 0.3 is 0 Å². The van der Waals surface area contributed by atoms with Crippen LogP contribution in [0.4, 0.5) is 5.13 Å². The molecule has 0 spiro atoms. The summed E-state index contributed by atoms with van der Waals surface area (Å²) in [5.74, 6) is -0.501. The van der Waals surface area contributed by atoms with Crippen molar-refractivity contribution < 1.29 is 19.1 Å². The first-order valence-electron chi connectivity index (χ1n) is 11.8. The lowest BCUT2D eigenvalue weighted by Crippen LogP contribution is -2.64. The quantitative estimate of drug-likeness (QED) is 0.507. The van der Waals surface area contributed by atoms with Crippen molar-refractivity contribution in [3.05, 3.63) is 54.1 Å². The van der Waals surface area contributed by atoms with Gasteiger partial charge in [0.15, 0.2) is 5.13 Å². The molecule has 3 atom stereocenters. The van der Waals surface area contributed by atoms with Crippen LogP contribution in [0.25, 0.3) is 10.2 Å². The van der Waals surface area contributed by atoms with E-state index in [0.717, 1.165) is 15.8 Å². The maximum atomic E-state index is 13.8. The third-order valence-electron chi connectivity index (χ3n) is 8.16. The number of anilines is 1. The van der Waals surface area contributed by atoms with Crippen molar-refractivity contribution in [2.24, 2.45) is 16.7 Å². The molecule has 1 aliphatic heterocycles. The van der Waals surface area contributed by atoms with Crippen LogP contribution >= 0.6 is 11.3 Å². The highest BCUT2D eigenvalue weighted by molar-refractivity contribution is 7.22. The van der Waals surface area contributed by atoms with Crippen LogP contribution in [0.1, 0.15) is 39.2 Å². The van der Waals surface area contributed by atoms with Gasteiger partial charge in [0.1, 0.15) is 11.8 Å². The summed E-state index contributed by atoms with van der Waals surface area (Å²) in [6.45, 7) is 5.94. The largest absolute Gasteiger partial charge is 0.497 e. The predicted octanol–water partition coefficient (Wildman–Crippen LogP) is 4.67. The van der Waals surface area contributed by atoms with Crippen molar-refractivity contribution in [2.45, 2.75) is 46.1 Å². The minimum atomic E-state index is -0.963. The number of methoxy groups -OCH3 is 1. The van der Waals surface area contributed by atoms with Gasteiger partial charge in [-0.15, -0.1) is 0 Å². The molecule has 35 heavy (non-hydrogen) atoms. The number of piperidine rings is 1. The molecular formula is C27H29N3O4S. The van der Waals surface area contributed by atoms with Gasteiger partial charge in [0, 0.05) is 12.3 Å². The zero-order chi connectivity index (χ0) is 25.0. The van der Waals surface area contributed by atoms with Gasteiger partial charge in [-0.2, -0.15) is 0 Å². The third kappa shape index (κ3) is 3.71. The molecule has 5 rings (SSSR count). The average Bonchev–Trinajstić information content (AvgIpc) is 3.31. The molecule has 1 N–H and O–H groups in total. The molecule has 2 aliphatic rings. The van der Waals surface area contributed by atoms with Crippen molar-refractivity contribution >= 4 is 44.4 Å². The first-order valence-corrected chi connectivity index (χ1v) is 12.6. The van der Waals surface area contributed by atoms with E-state index in [-0.39, 0.29) is 24.2 Å². The standard InChI is InChI=1S/C27H29N3O4S/c1-26(2)18-12-13-27(26,3)24(33)30(23(18)32)20(14-16-8-6-5-7-9-16)22(31)29-25-28-19-11-10-17(34-4)15-21(19)35-25/h5-11,15,18,20H,12-14H2,1-4H3,(H,28,29,31). The number of hydrogen-bond donors (Lipinski definition) is 1. The molecular weight excluding hydrogens is 462 g/mol. The Balaban J connectivity index is 1.50. The maximum absolute atomic E-state index is 13.8. The topological polar surface area (TPSA) is 88.6 Å². The summed E-state index contributed by atoms with van der Waals surface area (Å²) in [5, 5.41) is 3.31. The molecule has 2 fully saturated rings. The zero-order valence-electron chi connectivity index (χ0n) is 20.3. The summed E-state index contributed by atoms with van der Waals surface area (Å²) in [5.41, 5.74) is 0.484. The summed E-state index contributed by atoms with van der Waals surface area (Å²) in [7, 11) is 1.60. The lowest BCUT2D eigenvalue weighted by Gasteiger charge is -2.49. The minimum Gasteiger partial charge on any atom is -0.497 e. The van der Waals surface area contributed by atoms with Crippen molar-refractivity contribution in [2.75, 3.05) is 12.4 Å². The van der Waals surface area contributed by atoms with Gasteiger partial charge < -0.3 is 10.1 Å². The fourth-order valence-corrected chi connectivity index (χ4v) is 6.45. The van der Waals surface area contributed by atoms with E-state index in [0.29, 0.717) is 23.7 Å². The number of thiazole rings is 1. The highest BCUT2D eigenvalue weighted by atomic mass is 32.1. The Labute approximate surface area is 208 Å². The van der Waals surface area contributed by atoms with Crippen LogP contribution in [-0.4, -0.2) is 40.8 Å². The number of likely N-dealkylation sites (tertiary alicyclic amines) is 1. The van der Waals surface area contributed by atoms with E-state index in [1.54, 1.807) is 7.11 Å². The summed E-state index contributed by atoms with van der Waals surface area (Å²) >= 11 is 1.33. The molecule has 3 unspecified atom stereocenters. The van der Waals surface area contributed by atoms with Crippen LogP contribution in [-0.2, 0) is 20.8 Å². The van der Waals surface area contributed by atoms with Crippen molar-refractivity contribution in [1.82, 2.24) is 9.88 Å². The summed E-state index contributed by atoms with van der Waals surface area (Å²) < 4.78 is 6.15. The smallest absolute Gasteiger partial charge is 0.249 e. The third-order valence-corrected chi connectivity index (χ3v) is 9.10. The van der Waals surface area contributed by atoms with E-state index in [2.05, 4.69) is 10.3 Å². The molecule has 1 saturated heterocycles. The molecule has 3 aromatic rings. The predicted molar refractivity (Wildman–Crippen MR) is 135 cm³/mol. The lowest BCUT2D eigenvalue weighted by molar-refractivity contribution is -0.172. The number of fused-ring (bicyclic) bond motifs is 3. The first kappa shape index (κ1) is 23.5. The normalized spacial score (nSPS) is 24.0. The summed E-state index contributed by atoms with van der Waals surface area (Å²) in [4.78, 5) is 46.9. The van der Waals surface area contributed by atoms with Crippen LogP contribution in [0.2, 0.25) is 0 Å². The molecule has 7 nitrogen and oxygen atoms in total. The first-order chi connectivity index (χ1) is 16.7. The highest BCUT2D eigenvalue weighted by Crippen LogP contribution is 2.60. The number of carbonyl (C=O) groups excluding carboxylic acids is 3. The van der Waals surface area contributed by atoms with Crippen molar-refractivity contribution in [1.29, 1.82) is 0 Å². The second-order valence-electron chi connectivity index (χ2n) is 10.2. The monoisotopic (exact) mass is 491 g/mol. The Kier molecular flexibility index (Phi) is 5.67. The van der Waals surface area contributed by atoms with E-state index < -0.39 is 22.8 Å². The zero-order valence-corrected chi connectivity index (χ0v) is 21.1. The number of rotatable bonds is 6. The van der Waals surface area contributed by atoms with E-state index in [4.69, 9.17) is 4.74 Å². The molecule has 2 bridgehead atoms. The van der Waals surface area contributed by atoms with Gasteiger partial charge in [-0.25, -0.2) is 4.98 Å². The molecule has 2 heterocycles. The van der Waals surface area contributed by atoms with Gasteiger partial charge in [0.05, 0.1) is 22.7 Å². The summed E-state index contributed by atoms with van der Waals surface area (Å²) in [6, 6.07) is 14.0. The number of nitrogens with one attached hydrogen (secondary N) is 1. The Hall–Kier alpha value is -3.26. The van der Waals surface area contributed by atoms with Gasteiger partial charge in [-0.1, -0.05) is 62.4 Å². The Bertz CT molecular complexity index is 1320. The number of nitrogens with zero attached hydrogens (tertiary/aromatic N) is 2. The van der Waals surface area contributed by atoms with Gasteiger partial charge in [0.25, 0.3) is 0 Å². The Morgan fingerprint density at radius 2 is 1.94 bits per heavy atom. The number of amides is 3. The second kappa shape index (κ2) is 8.45. The fourth-order valence-electron chi connectivity index (χ4n) is 5.56. The number of ether oxygens (including phenoxy) is 1. The van der Waals surface area contributed by atoms with Crippen LogP contribution < -0.4 is 10.1 Å². The Morgan fingerprint density at radius 1 is 1.20 bits per heavy atom. The molecule has 0 radical (unpaired) electrons. The van der Waals surface area contributed by atoms with Gasteiger partial charge in [-0.05, 0) is 42.0 Å². The molecule has 1 aliphatic carbocycles. The average molecular weight is 492 g/mol. The van der Waals surface area contributed by atoms with E-state index in [1.807, 2.05) is 69.3 Å². The van der Waals surface area contributed by atoms with Crippen LogP contribution in [0.3, 0.4) is 0 Å². The number of carbonyl (C=O) groups is 3. The molecule has 2 aromatic carbocycles. The van der Waals surface area contributed by atoms with Crippen molar-refractivity contribution in [3.63, 3.8) is 0 Å². The van der Waals surface area contributed by atoms with Crippen molar-refractivity contribution in [3.8, 4) is 5.75 Å². The highest BCUT2D eigenvalue weighted by Gasteiger charge is 2.65. The van der Waals surface area contributed by atoms with Gasteiger partial charge in [0.2, 0.25) is 17.7 Å². The molecule has 3 amide bonds. The second-order valence-corrected chi connectivity index (χ2v) is 11.2. The van der Waals surface area contributed by atoms with E-state index in [1.165, 1.54) is 16.2 Å². The SMILES string of the molecule is COc1ccc2nc(NC(=O)C(Cc3ccccc3)N3C(=O)C4CCC(C)(C3=O)C4(C)C)sc2c1. The fraction of sp³-hybridized carbons (Fsp3) is 0.407. The summed E-state index contributed by atoms with van der Waals surface area (Å²) in [6.07, 6.45) is 1.54.